The zero-order chi connectivity index (χ0) is 17.8. The molecule has 1 unspecified atom stereocenters. The molecule has 5 heteroatoms. The van der Waals surface area contributed by atoms with Crippen LogP contribution in [0.5, 0.6) is 5.75 Å². The van der Waals surface area contributed by atoms with Gasteiger partial charge < -0.3 is 14.8 Å². The maximum atomic E-state index is 12.2. The Hall–Kier alpha value is -3.08. The van der Waals surface area contributed by atoms with Gasteiger partial charge in [-0.3, -0.25) is 4.79 Å². The molecule has 5 nitrogen and oxygen atoms in total. The summed E-state index contributed by atoms with van der Waals surface area (Å²) in [4.78, 5) is 23.5. The van der Waals surface area contributed by atoms with Gasteiger partial charge >= 0.3 is 5.97 Å². The molecule has 1 amide bonds. The Bertz CT molecular complexity index is 811. The van der Waals surface area contributed by atoms with Crippen molar-refractivity contribution in [3.05, 3.63) is 71.8 Å². The number of fused-ring (bicyclic) bond motifs is 1. The minimum absolute atomic E-state index is 0.0263. The van der Waals surface area contributed by atoms with E-state index in [-0.39, 0.29) is 25.0 Å². The van der Waals surface area contributed by atoms with Gasteiger partial charge in [-0.1, -0.05) is 36.9 Å². The molecule has 0 saturated heterocycles. The third kappa shape index (κ3) is 3.71. The first-order valence-electron chi connectivity index (χ1n) is 8.01. The quantitative estimate of drug-likeness (QED) is 0.499. The van der Waals surface area contributed by atoms with Crippen LogP contribution in [0.15, 0.2) is 60.7 Å². The lowest BCUT2D eigenvalue weighted by atomic mass is 9.93. The molecule has 0 fully saturated rings. The van der Waals surface area contributed by atoms with Crippen LogP contribution in [0.4, 0.5) is 5.69 Å². The van der Waals surface area contributed by atoms with Crippen LogP contribution < -0.4 is 10.1 Å². The van der Waals surface area contributed by atoms with Crippen LogP contribution in [0.1, 0.15) is 24.0 Å². The van der Waals surface area contributed by atoms with Crippen molar-refractivity contribution >= 4 is 17.6 Å². The van der Waals surface area contributed by atoms with Gasteiger partial charge in [0.05, 0.1) is 5.92 Å². The highest BCUT2D eigenvalue weighted by Crippen LogP contribution is 2.37. The number of ether oxygens (including phenoxy) is 2. The molecule has 2 aromatic carbocycles. The predicted molar refractivity (Wildman–Crippen MR) is 94.6 cm³/mol. The van der Waals surface area contributed by atoms with Crippen molar-refractivity contribution in [3.8, 4) is 5.75 Å². The van der Waals surface area contributed by atoms with Crippen LogP contribution in [-0.2, 0) is 14.3 Å². The summed E-state index contributed by atoms with van der Waals surface area (Å²) in [6.07, 6.45) is 0. The van der Waals surface area contributed by atoms with E-state index in [0.717, 1.165) is 16.8 Å². The van der Waals surface area contributed by atoms with E-state index in [4.69, 9.17) is 9.47 Å². The zero-order valence-corrected chi connectivity index (χ0v) is 14.0. The molecule has 1 N–H and O–H groups in total. The first-order valence-corrected chi connectivity index (χ1v) is 8.01. The first-order chi connectivity index (χ1) is 12.1. The summed E-state index contributed by atoms with van der Waals surface area (Å²) in [6.45, 7) is 5.52. The van der Waals surface area contributed by atoms with Gasteiger partial charge in [-0.05, 0) is 36.2 Å². The van der Waals surface area contributed by atoms with Gasteiger partial charge in [0.25, 0.3) is 0 Å². The lowest BCUT2D eigenvalue weighted by molar-refractivity contribution is -0.139. The maximum Gasteiger partial charge on any atom is 0.333 e. The van der Waals surface area contributed by atoms with Crippen LogP contribution in [0, 0.1) is 0 Å². The zero-order valence-electron chi connectivity index (χ0n) is 14.0. The van der Waals surface area contributed by atoms with Gasteiger partial charge in [0, 0.05) is 11.3 Å². The molecule has 3 rings (SSSR count). The number of para-hydroxylation sites is 1. The highest BCUT2D eigenvalue weighted by molar-refractivity contribution is 6.05. The molecular formula is C20H19NO4. The van der Waals surface area contributed by atoms with E-state index in [9.17, 15) is 9.59 Å². The Labute approximate surface area is 146 Å². The molecule has 0 aromatic heterocycles. The summed E-state index contributed by atoms with van der Waals surface area (Å²) >= 11 is 0. The van der Waals surface area contributed by atoms with Crippen molar-refractivity contribution in [1.82, 2.24) is 0 Å². The minimum Gasteiger partial charge on any atom is -0.490 e. The standard InChI is InChI=1S/C20H19NO4/c1-13(2)20(23)25-12-11-24-15-9-7-14(8-10-15)18-16-5-3-4-6-17(16)21-19(18)22/h3-10,18H,1,11-12H2,2H3,(H,21,22). The molecule has 1 heterocycles. The summed E-state index contributed by atoms with van der Waals surface area (Å²) < 4.78 is 10.5. The van der Waals surface area contributed by atoms with Crippen LogP contribution in [0.2, 0.25) is 0 Å². The topological polar surface area (TPSA) is 64.6 Å². The van der Waals surface area contributed by atoms with Crippen molar-refractivity contribution in [2.24, 2.45) is 0 Å². The minimum atomic E-state index is -0.426. The Balaban J connectivity index is 1.60. The Morgan fingerprint density at radius 3 is 2.56 bits per heavy atom. The second-order valence-electron chi connectivity index (χ2n) is 5.84. The second kappa shape index (κ2) is 7.21. The predicted octanol–water partition coefficient (Wildman–Crippen LogP) is 3.27. The van der Waals surface area contributed by atoms with Crippen molar-refractivity contribution < 1.29 is 19.1 Å². The molecule has 0 spiro atoms. The van der Waals surface area contributed by atoms with Gasteiger partial charge in [0.1, 0.15) is 19.0 Å². The molecule has 0 saturated carbocycles. The number of anilines is 1. The number of esters is 1. The lowest BCUT2D eigenvalue weighted by Crippen LogP contribution is -2.13. The average molecular weight is 337 g/mol. The Kier molecular flexibility index (Phi) is 4.84. The SMILES string of the molecule is C=C(C)C(=O)OCCOc1ccc(C2C(=O)Nc3ccccc32)cc1. The fourth-order valence-electron chi connectivity index (χ4n) is 2.71. The van der Waals surface area contributed by atoms with Gasteiger partial charge in [-0.25, -0.2) is 4.79 Å². The summed E-state index contributed by atoms with van der Waals surface area (Å²) in [5.74, 6) is -0.102. The Morgan fingerprint density at radius 2 is 1.84 bits per heavy atom. The van der Waals surface area contributed by atoms with E-state index in [2.05, 4.69) is 11.9 Å². The van der Waals surface area contributed by atoms with E-state index in [1.807, 2.05) is 48.5 Å². The van der Waals surface area contributed by atoms with Crippen molar-refractivity contribution in [2.75, 3.05) is 18.5 Å². The van der Waals surface area contributed by atoms with Crippen LogP contribution in [0.3, 0.4) is 0 Å². The number of benzene rings is 2. The summed E-state index contributed by atoms with van der Waals surface area (Å²) in [5, 5.41) is 2.90. The van der Waals surface area contributed by atoms with E-state index in [1.54, 1.807) is 6.92 Å². The largest absolute Gasteiger partial charge is 0.490 e. The third-order valence-corrected chi connectivity index (χ3v) is 3.94. The van der Waals surface area contributed by atoms with E-state index in [1.165, 1.54) is 0 Å². The fourth-order valence-corrected chi connectivity index (χ4v) is 2.71. The number of amides is 1. The highest BCUT2D eigenvalue weighted by Gasteiger charge is 2.31. The molecule has 1 atom stereocenters. The monoisotopic (exact) mass is 337 g/mol. The molecule has 0 radical (unpaired) electrons. The third-order valence-electron chi connectivity index (χ3n) is 3.94. The fraction of sp³-hybridized carbons (Fsp3) is 0.200. The normalized spacial score (nSPS) is 15.2. The van der Waals surface area contributed by atoms with Gasteiger partial charge in [0.15, 0.2) is 0 Å². The van der Waals surface area contributed by atoms with Crippen molar-refractivity contribution in [3.63, 3.8) is 0 Å². The maximum absolute atomic E-state index is 12.2. The van der Waals surface area contributed by atoms with Crippen molar-refractivity contribution in [2.45, 2.75) is 12.8 Å². The molecule has 1 aliphatic heterocycles. The Morgan fingerprint density at radius 1 is 1.12 bits per heavy atom. The summed E-state index contributed by atoms with van der Waals surface area (Å²) in [5.41, 5.74) is 3.10. The molecule has 0 bridgehead atoms. The summed E-state index contributed by atoms with van der Waals surface area (Å²) in [6, 6.07) is 15.1. The molecule has 1 aliphatic rings. The van der Waals surface area contributed by atoms with Crippen molar-refractivity contribution in [1.29, 1.82) is 0 Å². The van der Waals surface area contributed by atoms with E-state index >= 15 is 0 Å². The van der Waals surface area contributed by atoms with Crippen LogP contribution in [-0.4, -0.2) is 25.1 Å². The van der Waals surface area contributed by atoms with Crippen LogP contribution >= 0.6 is 0 Å². The molecule has 128 valence electrons. The van der Waals surface area contributed by atoms with Crippen LogP contribution in [0.25, 0.3) is 0 Å². The van der Waals surface area contributed by atoms with Gasteiger partial charge in [0.2, 0.25) is 5.91 Å². The number of hydrogen-bond donors (Lipinski definition) is 1. The van der Waals surface area contributed by atoms with E-state index in [0.29, 0.717) is 11.3 Å². The molecule has 2 aromatic rings. The number of nitrogens with one attached hydrogen (secondary N) is 1. The second-order valence-corrected chi connectivity index (χ2v) is 5.84. The lowest BCUT2D eigenvalue weighted by Gasteiger charge is -2.11. The first kappa shape index (κ1) is 16.8. The molecule has 0 aliphatic carbocycles. The van der Waals surface area contributed by atoms with Gasteiger partial charge in [-0.2, -0.15) is 0 Å². The number of carbonyl (C=O) groups is 2. The van der Waals surface area contributed by atoms with E-state index < -0.39 is 5.97 Å². The summed E-state index contributed by atoms with van der Waals surface area (Å²) in [7, 11) is 0. The smallest absolute Gasteiger partial charge is 0.333 e. The average Bonchev–Trinajstić information content (AvgIpc) is 2.94. The van der Waals surface area contributed by atoms with Gasteiger partial charge in [-0.15, -0.1) is 0 Å². The molecular weight excluding hydrogens is 318 g/mol. The molecule has 25 heavy (non-hydrogen) atoms. The number of hydrogen-bond acceptors (Lipinski definition) is 4. The number of carbonyl (C=O) groups excluding carboxylic acids is 2. The highest BCUT2D eigenvalue weighted by atomic mass is 16.6. The number of rotatable bonds is 6.